The number of benzene rings is 2. The van der Waals surface area contributed by atoms with Gasteiger partial charge >= 0.3 is 0 Å². The zero-order valence-corrected chi connectivity index (χ0v) is 16.6. The maximum atomic E-state index is 12.4. The Labute approximate surface area is 164 Å². The first-order valence-corrected chi connectivity index (χ1v) is 9.43. The second-order valence-electron chi connectivity index (χ2n) is 6.77. The van der Waals surface area contributed by atoms with E-state index in [1.807, 2.05) is 60.9 Å². The number of aromatic nitrogens is 3. The van der Waals surface area contributed by atoms with Gasteiger partial charge in [-0.2, -0.15) is 5.10 Å². The van der Waals surface area contributed by atoms with E-state index < -0.39 is 0 Å². The molecule has 0 fully saturated rings. The van der Waals surface area contributed by atoms with E-state index >= 15 is 0 Å². The molecule has 6 heteroatoms. The van der Waals surface area contributed by atoms with E-state index in [-0.39, 0.29) is 11.9 Å². The second-order valence-corrected chi connectivity index (χ2v) is 7.15. The van der Waals surface area contributed by atoms with Gasteiger partial charge < -0.3 is 5.32 Å². The molecule has 5 nitrogen and oxygen atoms in total. The molecule has 27 heavy (non-hydrogen) atoms. The lowest BCUT2D eigenvalue weighted by molar-refractivity contribution is -0.121. The van der Waals surface area contributed by atoms with Crippen molar-refractivity contribution in [3.8, 4) is 11.4 Å². The van der Waals surface area contributed by atoms with Crippen LogP contribution in [0.3, 0.4) is 0 Å². The third-order valence-corrected chi connectivity index (χ3v) is 4.97. The number of H-pyrrole nitrogens is 1. The fourth-order valence-electron chi connectivity index (χ4n) is 3.13. The molecule has 2 aromatic carbocycles. The molecule has 0 saturated carbocycles. The Balaban J connectivity index is 1.67. The SMILES string of the molecule is Cc1ccc(-c2n[nH]c(=S)n2CCC(=O)NC(C)c2ccccc2C)cc1. The largest absolute Gasteiger partial charge is 0.350 e. The van der Waals surface area contributed by atoms with Crippen LogP contribution in [0.15, 0.2) is 48.5 Å². The van der Waals surface area contributed by atoms with Crippen LogP contribution in [0.1, 0.15) is 36.1 Å². The van der Waals surface area contributed by atoms with Gasteiger partial charge in [0.15, 0.2) is 10.6 Å². The summed E-state index contributed by atoms with van der Waals surface area (Å²) in [5.41, 5.74) is 4.46. The second kappa shape index (κ2) is 8.31. The van der Waals surface area contributed by atoms with Crippen LogP contribution in [0.2, 0.25) is 0 Å². The minimum absolute atomic E-state index is 0.0105. The highest BCUT2D eigenvalue weighted by atomic mass is 32.1. The van der Waals surface area contributed by atoms with Crippen LogP contribution in [0, 0.1) is 18.6 Å². The highest BCUT2D eigenvalue weighted by Crippen LogP contribution is 2.19. The van der Waals surface area contributed by atoms with Crippen LogP contribution in [0.25, 0.3) is 11.4 Å². The number of aromatic amines is 1. The van der Waals surface area contributed by atoms with Crippen LogP contribution in [0.4, 0.5) is 0 Å². The normalized spacial score (nSPS) is 12.0. The lowest BCUT2D eigenvalue weighted by Crippen LogP contribution is -2.28. The smallest absolute Gasteiger partial charge is 0.222 e. The molecule has 0 aliphatic carbocycles. The van der Waals surface area contributed by atoms with E-state index in [2.05, 4.69) is 28.5 Å². The number of hydrogen-bond donors (Lipinski definition) is 2. The Kier molecular flexibility index (Phi) is 5.86. The number of nitrogens with zero attached hydrogens (tertiary/aromatic N) is 2. The van der Waals surface area contributed by atoms with Crippen molar-refractivity contribution < 1.29 is 4.79 Å². The number of amides is 1. The van der Waals surface area contributed by atoms with Crippen LogP contribution in [-0.2, 0) is 11.3 Å². The monoisotopic (exact) mass is 380 g/mol. The first-order valence-electron chi connectivity index (χ1n) is 9.03. The number of nitrogens with one attached hydrogen (secondary N) is 2. The molecule has 3 aromatic rings. The fraction of sp³-hybridized carbons (Fsp3) is 0.286. The van der Waals surface area contributed by atoms with Crippen molar-refractivity contribution in [2.24, 2.45) is 0 Å². The molecular weight excluding hydrogens is 356 g/mol. The molecule has 0 aliphatic heterocycles. The van der Waals surface area contributed by atoms with Crippen LogP contribution in [-0.4, -0.2) is 20.7 Å². The molecule has 1 atom stereocenters. The number of hydrogen-bond acceptors (Lipinski definition) is 3. The lowest BCUT2D eigenvalue weighted by atomic mass is 10.0. The Morgan fingerprint density at radius 3 is 2.59 bits per heavy atom. The number of carbonyl (C=O) groups is 1. The zero-order chi connectivity index (χ0) is 19.4. The molecule has 0 saturated heterocycles. The molecule has 1 unspecified atom stereocenters. The molecule has 0 bridgehead atoms. The van der Waals surface area contributed by atoms with E-state index in [9.17, 15) is 4.79 Å². The minimum Gasteiger partial charge on any atom is -0.350 e. The van der Waals surface area contributed by atoms with Gasteiger partial charge in [-0.25, -0.2) is 0 Å². The first kappa shape index (κ1) is 19.0. The number of carbonyl (C=O) groups excluding carboxylic acids is 1. The predicted molar refractivity (Wildman–Crippen MR) is 110 cm³/mol. The van der Waals surface area contributed by atoms with Gasteiger partial charge in [-0.3, -0.25) is 14.5 Å². The first-order chi connectivity index (χ1) is 13.0. The molecule has 1 aromatic heterocycles. The van der Waals surface area contributed by atoms with Gasteiger partial charge in [0.05, 0.1) is 6.04 Å². The average Bonchev–Trinajstić information content (AvgIpc) is 3.01. The fourth-order valence-corrected chi connectivity index (χ4v) is 3.35. The van der Waals surface area contributed by atoms with Gasteiger partial charge in [-0.05, 0) is 44.1 Å². The molecule has 0 radical (unpaired) electrons. The maximum absolute atomic E-state index is 12.4. The standard InChI is InChI=1S/C21H24N4OS/c1-14-8-10-17(11-9-14)20-23-24-21(27)25(20)13-12-19(26)22-16(3)18-7-5-4-6-15(18)2/h4-11,16H,12-13H2,1-3H3,(H,22,26)(H,24,27). The number of aryl methyl sites for hydroxylation is 2. The summed E-state index contributed by atoms with van der Waals surface area (Å²) < 4.78 is 2.39. The molecule has 2 N–H and O–H groups in total. The van der Waals surface area contributed by atoms with Gasteiger partial charge in [0, 0.05) is 18.5 Å². The van der Waals surface area contributed by atoms with Crippen LogP contribution < -0.4 is 5.32 Å². The van der Waals surface area contributed by atoms with E-state index in [0.717, 1.165) is 17.0 Å². The van der Waals surface area contributed by atoms with Gasteiger partial charge in [-0.1, -0.05) is 54.1 Å². The molecular formula is C21H24N4OS. The summed E-state index contributed by atoms with van der Waals surface area (Å²) in [5.74, 6) is 0.739. The van der Waals surface area contributed by atoms with Gasteiger partial charge in [0.25, 0.3) is 0 Å². The van der Waals surface area contributed by atoms with Gasteiger partial charge in [-0.15, -0.1) is 0 Å². The van der Waals surface area contributed by atoms with Crippen molar-refractivity contribution in [3.63, 3.8) is 0 Å². The molecule has 0 spiro atoms. The average molecular weight is 381 g/mol. The summed E-state index contributed by atoms with van der Waals surface area (Å²) in [6.07, 6.45) is 0.336. The Hall–Kier alpha value is -2.73. The lowest BCUT2D eigenvalue weighted by Gasteiger charge is -2.17. The molecule has 1 amide bonds. The van der Waals surface area contributed by atoms with Crippen molar-refractivity contribution in [2.75, 3.05) is 0 Å². The zero-order valence-electron chi connectivity index (χ0n) is 15.8. The van der Waals surface area contributed by atoms with E-state index in [1.54, 1.807) is 0 Å². The van der Waals surface area contributed by atoms with E-state index in [1.165, 1.54) is 11.1 Å². The predicted octanol–water partition coefficient (Wildman–Crippen LogP) is 4.49. The highest BCUT2D eigenvalue weighted by molar-refractivity contribution is 7.71. The van der Waals surface area contributed by atoms with Crippen LogP contribution >= 0.6 is 12.2 Å². The van der Waals surface area contributed by atoms with Crippen molar-refractivity contribution in [2.45, 2.75) is 39.8 Å². The molecule has 0 aliphatic rings. The Morgan fingerprint density at radius 1 is 1.19 bits per heavy atom. The quantitative estimate of drug-likeness (QED) is 0.619. The van der Waals surface area contributed by atoms with Crippen molar-refractivity contribution in [1.29, 1.82) is 0 Å². The highest BCUT2D eigenvalue weighted by Gasteiger charge is 2.14. The summed E-state index contributed by atoms with van der Waals surface area (Å²) in [7, 11) is 0. The third kappa shape index (κ3) is 4.52. The van der Waals surface area contributed by atoms with Crippen molar-refractivity contribution in [1.82, 2.24) is 20.1 Å². The summed E-state index contributed by atoms with van der Waals surface area (Å²) >= 11 is 5.35. The summed E-state index contributed by atoms with van der Waals surface area (Å²) in [4.78, 5) is 12.4. The van der Waals surface area contributed by atoms with E-state index in [0.29, 0.717) is 17.7 Å². The minimum atomic E-state index is -0.0346. The Morgan fingerprint density at radius 2 is 1.89 bits per heavy atom. The van der Waals surface area contributed by atoms with Crippen molar-refractivity contribution in [3.05, 3.63) is 70.0 Å². The summed E-state index contributed by atoms with van der Waals surface area (Å²) in [6.45, 7) is 6.57. The topological polar surface area (TPSA) is 62.7 Å². The van der Waals surface area contributed by atoms with Crippen molar-refractivity contribution >= 4 is 18.1 Å². The molecule has 3 rings (SSSR count). The molecule has 140 valence electrons. The molecule has 1 heterocycles. The third-order valence-electron chi connectivity index (χ3n) is 4.66. The van der Waals surface area contributed by atoms with Gasteiger partial charge in [0.1, 0.15) is 0 Å². The van der Waals surface area contributed by atoms with Crippen LogP contribution in [0.5, 0.6) is 0 Å². The maximum Gasteiger partial charge on any atom is 0.222 e. The summed E-state index contributed by atoms with van der Waals surface area (Å²) in [5, 5.41) is 10.2. The Bertz CT molecular complexity index is 988. The van der Waals surface area contributed by atoms with Gasteiger partial charge in [0.2, 0.25) is 5.91 Å². The number of rotatable bonds is 6. The van der Waals surface area contributed by atoms with E-state index in [4.69, 9.17) is 12.2 Å². The summed E-state index contributed by atoms with van der Waals surface area (Å²) in [6, 6.07) is 16.1.